The van der Waals surface area contributed by atoms with Crippen LogP contribution in [0, 0.1) is 0 Å². The first kappa shape index (κ1) is 15.4. The second kappa shape index (κ2) is 6.47. The molecule has 0 bridgehead atoms. The Morgan fingerprint density at radius 2 is 2.05 bits per heavy atom. The van der Waals surface area contributed by atoms with Crippen LogP contribution in [-0.2, 0) is 15.1 Å². The van der Waals surface area contributed by atoms with Gasteiger partial charge in [0.1, 0.15) is 11.4 Å². The van der Waals surface area contributed by atoms with Crippen LogP contribution in [0.5, 0.6) is 5.75 Å². The Labute approximate surface area is 109 Å². The number of carbonyl (C=O) groups excluding carboxylic acids is 1. The molecule has 1 rings (SSSR count). The number of hydrogen-bond donors (Lipinski definition) is 1. The SMILES string of the molecule is CCOC(=O)CC(C)(O)c1ccccc1OC(F)F. The molecule has 0 saturated heterocycles. The molecular weight excluding hydrogens is 258 g/mol. The Hall–Kier alpha value is -1.69. The number of aliphatic hydroxyl groups is 1. The van der Waals surface area contributed by atoms with Crippen LogP contribution in [0.1, 0.15) is 25.8 Å². The van der Waals surface area contributed by atoms with Gasteiger partial charge in [-0.25, -0.2) is 0 Å². The van der Waals surface area contributed by atoms with E-state index in [0.29, 0.717) is 0 Å². The summed E-state index contributed by atoms with van der Waals surface area (Å²) in [5.74, 6) is -0.772. The van der Waals surface area contributed by atoms with Crippen molar-refractivity contribution in [3.63, 3.8) is 0 Å². The molecule has 6 heteroatoms. The van der Waals surface area contributed by atoms with Gasteiger partial charge in [0.15, 0.2) is 0 Å². The standard InChI is InChI=1S/C13H16F2O4/c1-3-18-11(16)8-13(2,17)9-6-4-5-7-10(9)19-12(14)15/h4-7,12,17H,3,8H2,1-2H3. The number of benzene rings is 1. The van der Waals surface area contributed by atoms with Crippen molar-refractivity contribution in [2.45, 2.75) is 32.5 Å². The van der Waals surface area contributed by atoms with Gasteiger partial charge in [0.25, 0.3) is 0 Å². The number of alkyl halides is 2. The molecule has 0 aromatic heterocycles. The second-order valence-corrected chi connectivity index (χ2v) is 4.13. The molecule has 106 valence electrons. The highest BCUT2D eigenvalue weighted by molar-refractivity contribution is 5.71. The van der Waals surface area contributed by atoms with Crippen molar-refractivity contribution in [1.29, 1.82) is 0 Å². The zero-order valence-corrected chi connectivity index (χ0v) is 10.7. The van der Waals surface area contributed by atoms with Crippen molar-refractivity contribution < 1.29 is 28.2 Å². The molecule has 0 aliphatic carbocycles. The highest BCUT2D eigenvalue weighted by atomic mass is 19.3. The number of hydrogen-bond acceptors (Lipinski definition) is 4. The molecule has 0 radical (unpaired) electrons. The molecule has 0 saturated carbocycles. The maximum Gasteiger partial charge on any atom is 0.387 e. The highest BCUT2D eigenvalue weighted by Crippen LogP contribution is 2.33. The minimum atomic E-state index is -3.00. The summed E-state index contributed by atoms with van der Waals surface area (Å²) in [5.41, 5.74) is -1.53. The quantitative estimate of drug-likeness (QED) is 0.809. The number of halogens is 2. The molecule has 0 spiro atoms. The lowest BCUT2D eigenvalue weighted by Crippen LogP contribution is -2.27. The van der Waals surface area contributed by atoms with Crippen molar-refractivity contribution in [3.05, 3.63) is 29.8 Å². The van der Waals surface area contributed by atoms with Gasteiger partial charge in [-0.1, -0.05) is 18.2 Å². The van der Waals surface area contributed by atoms with Crippen LogP contribution < -0.4 is 4.74 Å². The van der Waals surface area contributed by atoms with Gasteiger partial charge in [-0.2, -0.15) is 8.78 Å². The molecule has 19 heavy (non-hydrogen) atoms. The van der Waals surface area contributed by atoms with Crippen LogP contribution >= 0.6 is 0 Å². The van der Waals surface area contributed by atoms with E-state index in [2.05, 4.69) is 4.74 Å². The van der Waals surface area contributed by atoms with E-state index in [1.54, 1.807) is 13.0 Å². The molecule has 0 amide bonds. The first-order valence-corrected chi connectivity index (χ1v) is 5.79. The van der Waals surface area contributed by atoms with E-state index in [0.717, 1.165) is 0 Å². The number of esters is 1. The summed E-state index contributed by atoms with van der Waals surface area (Å²) < 4.78 is 33.6. The lowest BCUT2D eigenvalue weighted by molar-refractivity contribution is -0.148. The third-order valence-electron chi connectivity index (χ3n) is 2.48. The first-order valence-electron chi connectivity index (χ1n) is 5.79. The van der Waals surface area contributed by atoms with E-state index >= 15 is 0 Å². The van der Waals surface area contributed by atoms with Crippen molar-refractivity contribution in [2.24, 2.45) is 0 Å². The van der Waals surface area contributed by atoms with Gasteiger partial charge >= 0.3 is 12.6 Å². The van der Waals surface area contributed by atoms with Crippen LogP contribution in [0.2, 0.25) is 0 Å². The second-order valence-electron chi connectivity index (χ2n) is 4.13. The van der Waals surface area contributed by atoms with E-state index in [-0.39, 0.29) is 24.3 Å². The average molecular weight is 274 g/mol. The van der Waals surface area contributed by atoms with E-state index < -0.39 is 18.2 Å². The van der Waals surface area contributed by atoms with Gasteiger partial charge in [0.05, 0.1) is 13.0 Å². The van der Waals surface area contributed by atoms with Crippen molar-refractivity contribution in [2.75, 3.05) is 6.61 Å². The first-order chi connectivity index (χ1) is 8.86. The fourth-order valence-electron chi connectivity index (χ4n) is 1.70. The van der Waals surface area contributed by atoms with Crippen molar-refractivity contribution >= 4 is 5.97 Å². The molecule has 1 aromatic rings. The summed E-state index contributed by atoms with van der Waals surface area (Å²) in [5, 5.41) is 10.3. The Balaban J connectivity index is 2.96. The summed E-state index contributed by atoms with van der Waals surface area (Å²) >= 11 is 0. The van der Waals surface area contributed by atoms with Crippen LogP contribution in [-0.4, -0.2) is 24.3 Å². The predicted molar refractivity (Wildman–Crippen MR) is 63.9 cm³/mol. The molecule has 1 N–H and O–H groups in total. The summed E-state index contributed by atoms with van der Waals surface area (Å²) in [7, 11) is 0. The molecule has 1 aromatic carbocycles. The van der Waals surface area contributed by atoms with Gasteiger partial charge in [0.2, 0.25) is 0 Å². The summed E-state index contributed by atoms with van der Waals surface area (Å²) in [6.07, 6.45) is -0.343. The third kappa shape index (κ3) is 4.48. The maximum atomic E-state index is 12.3. The van der Waals surface area contributed by atoms with Crippen LogP contribution in [0.25, 0.3) is 0 Å². The normalized spacial score (nSPS) is 14.0. The molecule has 4 nitrogen and oxygen atoms in total. The Bertz CT molecular complexity index is 432. The monoisotopic (exact) mass is 274 g/mol. The van der Waals surface area contributed by atoms with Gasteiger partial charge in [-0.15, -0.1) is 0 Å². The lowest BCUT2D eigenvalue weighted by Gasteiger charge is -2.25. The van der Waals surface area contributed by atoms with E-state index in [9.17, 15) is 18.7 Å². The van der Waals surface area contributed by atoms with Crippen LogP contribution in [0.15, 0.2) is 24.3 Å². The smallest absolute Gasteiger partial charge is 0.387 e. The van der Waals surface area contributed by atoms with E-state index in [4.69, 9.17) is 4.74 Å². The molecule has 0 aliphatic rings. The molecule has 0 aliphatic heterocycles. The molecular formula is C13H16F2O4. The molecule has 1 unspecified atom stereocenters. The number of rotatable bonds is 6. The van der Waals surface area contributed by atoms with E-state index in [1.807, 2.05) is 0 Å². The third-order valence-corrected chi connectivity index (χ3v) is 2.48. The molecule has 0 heterocycles. The Kier molecular flexibility index (Phi) is 5.23. The predicted octanol–water partition coefficient (Wildman–Crippen LogP) is 2.45. The maximum absolute atomic E-state index is 12.3. The molecule has 1 atom stereocenters. The van der Waals surface area contributed by atoms with Gasteiger partial charge in [-0.3, -0.25) is 4.79 Å². The average Bonchev–Trinajstić information content (AvgIpc) is 2.28. The van der Waals surface area contributed by atoms with Gasteiger partial charge < -0.3 is 14.6 Å². The van der Waals surface area contributed by atoms with Crippen molar-refractivity contribution in [1.82, 2.24) is 0 Å². The largest absolute Gasteiger partial charge is 0.466 e. The topological polar surface area (TPSA) is 55.8 Å². The lowest BCUT2D eigenvalue weighted by atomic mass is 9.92. The summed E-state index contributed by atoms with van der Waals surface area (Å²) in [4.78, 5) is 11.4. The minimum Gasteiger partial charge on any atom is -0.466 e. The Morgan fingerprint density at radius 3 is 2.63 bits per heavy atom. The zero-order chi connectivity index (χ0) is 14.5. The fraction of sp³-hybridized carbons (Fsp3) is 0.462. The summed E-state index contributed by atoms with van der Waals surface area (Å²) in [6.45, 7) is 0.168. The number of para-hydroxylation sites is 1. The van der Waals surface area contributed by atoms with Gasteiger partial charge in [-0.05, 0) is 19.9 Å². The number of ether oxygens (including phenoxy) is 2. The van der Waals surface area contributed by atoms with Crippen LogP contribution in [0.3, 0.4) is 0 Å². The zero-order valence-electron chi connectivity index (χ0n) is 10.7. The summed E-state index contributed by atoms with van der Waals surface area (Å²) in [6, 6.07) is 5.80. The van der Waals surface area contributed by atoms with Crippen LogP contribution in [0.4, 0.5) is 8.78 Å². The molecule has 0 fully saturated rings. The minimum absolute atomic E-state index is 0.114. The van der Waals surface area contributed by atoms with E-state index in [1.165, 1.54) is 25.1 Å². The Morgan fingerprint density at radius 1 is 1.42 bits per heavy atom. The highest BCUT2D eigenvalue weighted by Gasteiger charge is 2.31. The van der Waals surface area contributed by atoms with Crippen molar-refractivity contribution in [3.8, 4) is 5.75 Å². The fourth-order valence-corrected chi connectivity index (χ4v) is 1.70. The van der Waals surface area contributed by atoms with Gasteiger partial charge in [0, 0.05) is 5.56 Å². The number of carbonyl (C=O) groups is 1.